The fraction of sp³-hybridized carbons (Fsp3) is 0.826. The second-order valence-electron chi connectivity index (χ2n) is 7.63. The van der Waals surface area contributed by atoms with E-state index in [2.05, 4.69) is 10.6 Å². The van der Waals surface area contributed by atoms with Gasteiger partial charge in [-0.1, -0.05) is 0 Å². The van der Waals surface area contributed by atoms with Crippen LogP contribution in [0.1, 0.15) is 54.4 Å². The zero-order valence-corrected chi connectivity index (χ0v) is 21.8. The minimum atomic E-state index is -0.968. The lowest BCUT2D eigenvalue weighted by Crippen LogP contribution is -2.44. The molecule has 2 unspecified atom stereocenters. The molecule has 0 amide bonds. The van der Waals surface area contributed by atoms with E-state index < -0.39 is 41.7 Å². The summed E-state index contributed by atoms with van der Waals surface area (Å²) in [5, 5.41) is 5.88. The molecule has 2 atom stereocenters. The molecule has 35 heavy (non-hydrogen) atoms. The Morgan fingerprint density at radius 3 is 1.29 bits per heavy atom. The van der Waals surface area contributed by atoms with Gasteiger partial charge in [0.15, 0.2) is 5.79 Å². The fourth-order valence-corrected chi connectivity index (χ4v) is 2.84. The largest absolute Gasteiger partial charge is 0.466 e. The summed E-state index contributed by atoms with van der Waals surface area (Å²) in [6.45, 7) is 11.9. The van der Waals surface area contributed by atoms with Gasteiger partial charge in [0.1, 0.15) is 12.1 Å². The molecule has 204 valence electrons. The van der Waals surface area contributed by atoms with E-state index in [0.29, 0.717) is 0 Å². The SMILES string of the molecule is CCOC(=O)CC(NCCOC(C)(C)OCCNC(CC(=O)OCC)C(=O)OCC)C(=O)OCC. The summed E-state index contributed by atoms with van der Waals surface area (Å²) in [6, 6.07) is -1.69. The van der Waals surface area contributed by atoms with Crippen molar-refractivity contribution in [1.29, 1.82) is 0 Å². The third-order valence-electron chi connectivity index (χ3n) is 4.38. The minimum absolute atomic E-state index is 0.147. The van der Waals surface area contributed by atoms with E-state index in [9.17, 15) is 19.2 Å². The van der Waals surface area contributed by atoms with Crippen LogP contribution in [0.4, 0.5) is 0 Å². The maximum atomic E-state index is 12.1. The number of rotatable bonds is 20. The van der Waals surface area contributed by atoms with Crippen molar-refractivity contribution in [2.75, 3.05) is 52.7 Å². The molecule has 0 aromatic carbocycles. The molecule has 0 aromatic heterocycles. The van der Waals surface area contributed by atoms with Crippen molar-refractivity contribution in [2.45, 2.75) is 72.3 Å². The molecular weight excluding hydrogens is 464 g/mol. The Bertz CT molecular complexity index is 590. The average molecular weight is 507 g/mol. The van der Waals surface area contributed by atoms with Gasteiger partial charge >= 0.3 is 23.9 Å². The Morgan fingerprint density at radius 1 is 0.629 bits per heavy atom. The first kappa shape index (κ1) is 32.7. The summed E-state index contributed by atoms with van der Waals surface area (Å²) in [5.41, 5.74) is 0. The summed E-state index contributed by atoms with van der Waals surface area (Å²) in [7, 11) is 0. The smallest absolute Gasteiger partial charge is 0.323 e. The van der Waals surface area contributed by atoms with E-state index in [1.165, 1.54) is 0 Å². The van der Waals surface area contributed by atoms with Crippen LogP contribution in [0.15, 0.2) is 0 Å². The fourth-order valence-electron chi connectivity index (χ4n) is 2.84. The minimum Gasteiger partial charge on any atom is -0.466 e. The monoisotopic (exact) mass is 506 g/mol. The maximum absolute atomic E-state index is 12.1. The third kappa shape index (κ3) is 16.1. The topological polar surface area (TPSA) is 148 Å². The lowest BCUT2D eigenvalue weighted by molar-refractivity contribution is -0.211. The summed E-state index contributed by atoms with van der Waals surface area (Å²) < 4.78 is 31.2. The molecule has 0 aliphatic carbocycles. The van der Waals surface area contributed by atoms with Gasteiger partial charge < -0.3 is 39.1 Å². The van der Waals surface area contributed by atoms with Gasteiger partial charge in [-0.3, -0.25) is 19.2 Å². The lowest BCUT2D eigenvalue weighted by atomic mass is 10.2. The third-order valence-corrected chi connectivity index (χ3v) is 4.38. The average Bonchev–Trinajstić information content (AvgIpc) is 2.78. The van der Waals surface area contributed by atoms with Gasteiger partial charge in [0, 0.05) is 13.1 Å². The second-order valence-corrected chi connectivity index (χ2v) is 7.63. The van der Waals surface area contributed by atoms with Gasteiger partial charge in [-0.25, -0.2) is 0 Å². The Kier molecular flexibility index (Phi) is 17.7. The van der Waals surface area contributed by atoms with Crippen molar-refractivity contribution in [3.8, 4) is 0 Å². The number of nitrogens with one attached hydrogen (secondary N) is 2. The first-order chi connectivity index (χ1) is 16.6. The Morgan fingerprint density at radius 2 is 0.971 bits per heavy atom. The molecule has 0 spiro atoms. The van der Waals surface area contributed by atoms with Gasteiger partial charge in [-0.05, 0) is 41.5 Å². The number of carbonyl (C=O) groups excluding carboxylic acids is 4. The van der Waals surface area contributed by atoms with Crippen molar-refractivity contribution >= 4 is 23.9 Å². The first-order valence-corrected chi connectivity index (χ1v) is 12.0. The lowest BCUT2D eigenvalue weighted by Gasteiger charge is -2.27. The van der Waals surface area contributed by atoms with Crippen molar-refractivity contribution in [1.82, 2.24) is 10.6 Å². The molecule has 12 heteroatoms. The van der Waals surface area contributed by atoms with Gasteiger partial charge in [-0.2, -0.15) is 0 Å². The molecule has 0 rings (SSSR count). The van der Waals surface area contributed by atoms with Crippen LogP contribution in [0.3, 0.4) is 0 Å². The van der Waals surface area contributed by atoms with E-state index in [-0.39, 0.29) is 65.6 Å². The summed E-state index contributed by atoms with van der Waals surface area (Å²) >= 11 is 0. The van der Waals surface area contributed by atoms with Gasteiger partial charge in [-0.15, -0.1) is 0 Å². The number of hydrogen-bond donors (Lipinski definition) is 2. The van der Waals surface area contributed by atoms with Crippen molar-refractivity contribution in [2.24, 2.45) is 0 Å². The van der Waals surface area contributed by atoms with Crippen LogP contribution in [-0.2, 0) is 47.6 Å². The Labute approximate surface area is 207 Å². The number of ether oxygens (including phenoxy) is 6. The highest BCUT2D eigenvalue weighted by atomic mass is 16.7. The number of carbonyl (C=O) groups is 4. The predicted molar refractivity (Wildman–Crippen MR) is 125 cm³/mol. The quantitative estimate of drug-likeness (QED) is 0.104. The van der Waals surface area contributed by atoms with Crippen molar-refractivity contribution in [3.63, 3.8) is 0 Å². The van der Waals surface area contributed by atoms with E-state index in [1.54, 1.807) is 41.5 Å². The van der Waals surface area contributed by atoms with Gasteiger partial charge in [0.25, 0.3) is 0 Å². The van der Waals surface area contributed by atoms with E-state index in [0.717, 1.165) is 0 Å². The molecule has 0 saturated carbocycles. The Balaban J connectivity index is 4.50. The molecule has 0 radical (unpaired) electrons. The van der Waals surface area contributed by atoms with Crippen LogP contribution in [0.5, 0.6) is 0 Å². The van der Waals surface area contributed by atoms with E-state index in [4.69, 9.17) is 28.4 Å². The van der Waals surface area contributed by atoms with Gasteiger partial charge in [0.2, 0.25) is 0 Å². The first-order valence-electron chi connectivity index (χ1n) is 12.0. The molecule has 0 fully saturated rings. The maximum Gasteiger partial charge on any atom is 0.323 e. The molecule has 0 aromatic rings. The van der Waals surface area contributed by atoms with E-state index >= 15 is 0 Å². The molecule has 0 aliphatic heterocycles. The van der Waals surface area contributed by atoms with Crippen LogP contribution in [0.2, 0.25) is 0 Å². The standard InChI is InChI=1S/C23H42N2O10/c1-7-30-19(26)15-17(21(28)32-9-3)24-11-13-34-23(5,6)35-14-12-25-18(22(29)33-10-4)16-20(27)31-8-2/h17-18,24-25H,7-16H2,1-6H3. The molecule has 0 heterocycles. The molecular formula is C23H42N2O10. The second kappa shape index (κ2) is 19.0. The molecule has 2 N–H and O–H groups in total. The van der Waals surface area contributed by atoms with Crippen molar-refractivity contribution in [3.05, 3.63) is 0 Å². The van der Waals surface area contributed by atoms with Crippen molar-refractivity contribution < 1.29 is 47.6 Å². The highest BCUT2D eigenvalue weighted by molar-refractivity contribution is 5.83. The Hall–Kier alpha value is -2.28. The molecule has 0 aliphatic rings. The predicted octanol–water partition coefficient (Wildman–Crippen LogP) is 0.705. The number of esters is 4. The van der Waals surface area contributed by atoms with E-state index in [1.807, 2.05) is 0 Å². The number of hydrogen-bond acceptors (Lipinski definition) is 12. The molecule has 0 saturated heterocycles. The van der Waals surface area contributed by atoms with Crippen LogP contribution < -0.4 is 10.6 Å². The van der Waals surface area contributed by atoms with Crippen LogP contribution in [-0.4, -0.2) is 94.5 Å². The highest BCUT2D eigenvalue weighted by Gasteiger charge is 2.26. The highest BCUT2D eigenvalue weighted by Crippen LogP contribution is 2.10. The molecule has 12 nitrogen and oxygen atoms in total. The van der Waals surface area contributed by atoms with Crippen LogP contribution in [0, 0.1) is 0 Å². The van der Waals surface area contributed by atoms with Crippen LogP contribution >= 0.6 is 0 Å². The zero-order valence-electron chi connectivity index (χ0n) is 21.8. The van der Waals surface area contributed by atoms with Crippen LogP contribution in [0.25, 0.3) is 0 Å². The summed E-state index contributed by atoms with van der Waals surface area (Å²) in [6.07, 6.45) is -0.294. The van der Waals surface area contributed by atoms with Gasteiger partial charge in [0.05, 0.1) is 52.5 Å². The summed E-state index contributed by atoms with van der Waals surface area (Å²) in [5.74, 6) is -3.05. The molecule has 0 bridgehead atoms. The zero-order chi connectivity index (χ0) is 26.7. The normalized spacial score (nSPS) is 13.0. The summed E-state index contributed by atoms with van der Waals surface area (Å²) in [4.78, 5) is 47.6.